The van der Waals surface area contributed by atoms with Gasteiger partial charge in [-0.25, -0.2) is 4.98 Å². The largest absolute Gasteiger partial charge is 0.505 e. The number of hydrogen-bond acceptors (Lipinski definition) is 8. The number of piperidine rings is 1. The molecule has 1 fully saturated rings. The van der Waals surface area contributed by atoms with Crippen LogP contribution in [0.5, 0.6) is 5.75 Å². The predicted octanol–water partition coefficient (Wildman–Crippen LogP) is 4.83. The molecule has 6 rings (SSSR count). The highest BCUT2D eigenvalue weighted by Crippen LogP contribution is 2.41. The van der Waals surface area contributed by atoms with Crippen molar-refractivity contribution in [3.05, 3.63) is 86.8 Å². The molecular formula is C33H34ClF3N7O5P. The van der Waals surface area contributed by atoms with E-state index in [0.29, 0.717) is 63.5 Å². The van der Waals surface area contributed by atoms with Crippen LogP contribution in [0, 0.1) is 5.41 Å². The normalized spacial score (nSPS) is 19.8. The molecule has 2 aliphatic heterocycles. The van der Waals surface area contributed by atoms with Crippen molar-refractivity contribution in [3.8, 4) is 5.75 Å². The van der Waals surface area contributed by atoms with Crippen LogP contribution in [0.15, 0.2) is 53.5 Å². The number of carbonyl (C=O) groups excluding carboxylic acids is 2. The molecule has 50 heavy (non-hydrogen) atoms. The van der Waals surface area contributed by atoms with E-state index in [1.54, 1.807) is 15.5 Å². The summed E-state index contributed by atoms with van der Waals surface area (Å²) in [5, 5.41) is 16.9. The molecule has 4 aromatic rings. The first-order valence-corrected chi connectivity index (χ1v) is 16.9. The standard InChI is InChI=1S/C33H34ClF3N7O5P/c1-32(10-12-42(17-25(32)50)30(48)28-24(45)3-2-11-38-28)9-6-21-16-27(47)44-31(40-29(41-44)19-7-13-49-14-8-19)43(21)18-26(46)39-23-5-4-20(15-22(23)34)33(35,36)37/h2-5,7,11,15-16,25,45H,6,8-10,12-14,17-18,50H2,1H3,(H,39,46)/t25-,32-/m0/s1. The topological polar surface area (TPSA) is 144 Å². The quantitative estimate of drug-likeness (QED) is 0.245. The summed E-state index contributed by atoms with van der Waals surface area (Å²) in [6, 6.07) is 7.03. The Bertz CT molecular complexity index is 2050. The summed E-state index contributed by atoms with van der Waals surface area (Å²) in [4.78, 5) is 50.3. The molecule has 2 N–H and O–H groups in total. The lowest BCUT2D eigenvalue weighted by molar-refractivity contribution is -0.137. The van der Waals surface area contributed by atoms with Gasteiger partial charge in [-0.3, -0.25) is 14.4 Å². The fourth-order valence-electron chi connectivity index (χ4n) is 6.15. The number of hydrogen-bond donors (Lipinski definition) is 2. The third kappa shape index (κ3) is 7.40. The molecule has 0 radical (unpaired) electrons. The summed E-state index contributed by atoms with van der Waals surface area (Å²) in [6.07, 6.45) is 0.767. The molecule has 17 heteroatoms. The van der Waals surface area contributed by atoms with Crippen molar-refractivity contribution in [2.24, 2.45) is 5.41 Å². The number of aryl methyl sites for hydroxylation is 1. The van der Waals surface area contributed by atoms with Crippen LogP contribution in [0.1, 0.15) is 53.8 Å². The van der Waals surface area contributed by atoms with Crippen LogP contribution >= 0.6 is 20.8 Å². The van der Waals surface area contributed by atoms with E-state index in [1.165, 1.54) is 18.3 Å². The minimum atomic E-state index is -4.60. The fraction of sp³-hybridized carbons (Fsp3) is 0.394. The van der Waals surface area contributed by atoms with Crippen LogP contribution in [0.3, 0.4) is 0 Å². The molecule has 12 nitrogen and oxygen atoms in total. The van der Waals surface area contributed by atoms with Crippen molar-refractivity contribution in [2.45, 2.75) is 51.0 Å². The highest BCUT2D eigenvalue weighted by Gasteiger charge is 2.39. The molecule has 0 bridgehead atoms. The van der Waals surface area contributed by atoms with Gasteiger partial charge in [0.15, 0.2) is 11.5 Å². The zero-order chi connectivity index (χ0) is 35.8. The van der Waals surface area contributed by atoms with E-state index < -0.39 is 23.2 Å². The van der Waals surface area contributed by atoms with Gasteiger partial charge in [0.2, 0.25) is 11.7 Å². The minimum absolute atomic E-state index is 0.00325. The highest BCUT2D eigenvalue weighted by molar-refractivity contribution is 7.17. The van der Waals surface area contributed by atoms with Gasteiger partial charge in [-0.15, -0.1) is 14.3 Å². The highest BCUT2D eigenvalue weighted by atomic mass is 35.5. The average Bonchev–Trinajstić information content (AvgIpc) is 3.54. The van der Waals surface area contributed by atoms with E-state index in [-0.39, 0.29) is 51.5 Å². The summed E-state index contributed by atoms with van der Waals surface area (Å²) in [5.74, 6) is -0.692. The van der Waals surface area contributed by atoms with Crippen molar-refractivity contribution in [1.82, 2.24) is 29.0 Å². The van der Waals surface area contributed by atoms with E-state index in [4.69, 9.17) is 16.3 Å². The molecule has 2 amide bonds. The number of aromatic nitrogens is 5. The second kappa shape index (κ2) is 14.1. The van der Waals surface area contributed by atoms with Gasteiger partial charge in [-0.2, -0.15) is 22.7 Å². The summed E-state index contributed by atoms with van der Waals surface area (Å²) in [6.45, 7) is 3.41. The molecule has 264 valence electrons. The Labute approximate surface area is 291 Å². The number of carbonyl (C=O) groups is 2. The number of alkyl halides is 3. The van der Waals surface area contributed by atoms with Crippen molar-refractivity contribution in [2.75, 3.05) is 31.6 Å². The summed E-state index contributed by atoms with van der Waals surface area (Å²) >= 11 is 6.11. The first kappa shape index (κ1) is 35.5. The van der Waals surface area contributed by atoms with Gasteiger partial charge < -0.3 is 24.6 Å². The third-order valence-electron chi connectivity index (χ3n) is 9.29. The summed E-state index contributed by atoms with van der Waals surface area (Å²) in [7, 11) is 2.81. The Morgan fingerprint density at radius 2 is 2.04 bits per heavy atom. The molecular weight excluding hydrogens is 698 g/mol. The van der Waals surface area contributed by atoms with Gasteiger partial charge in [0.25, 0.3) is 11.5 Å². The van der Waals surface area contributed by atoms with Crippen LogP contribution in [-0.2, 0) is 28.7 Å². The molecule has 0 aliphatic carbocycles. The van der Waals surface area contributed by atoms with E-state index in [0.717, 1.165) is 28.3 Å². The zero-order valence-corrected chi connectivity index (χ0v) is 28.8. The first-order valence-electron chi connectivity index (χ1n) is 15.9. The summed E-state index contributed by atoms with van der Waals surface area (Å²) < 4.78 is 47.6. The van der Waals surface area contributed by atoms with Gasteiger partial charge >= 0.3 is 6.18 Å². The number of nitrogens with zero attached hydrogens (tertiary/aromatic N) is 6. The molecule has 1 aromatic carbocycles. The van der Waals surface area contributed by atoms with Crippen molar-refractivity contribution >= 4 is 49.7 Å². The molecule has 1 saturated heterocycles. The lowest BCUT2D eigenvalue weighted by Gasteiger charge is -2.44. The maximum Gasteiger partial charge on any atom is 0.416 e. The number of halogens is 4. The summed E-state index contributed by atoms with van der Waals surface area (Å²) in [5.41, 5.74) is -0.454. The monoisotopic (exact) mass is 731 g/mol. The van der Waals surface area contributed by atoms with Crippen LogP contribution < -0.4 is 10.9 Å². The smallest absolute Gasteiger partial charge is 0.416 e. The van der Waals surface area contributed by atoms with E-state index in [1.807, 2.05) is 6.08 Å². The molecule has 2 aliphatic rings. The van der Waals surface area contributed by atoms with Crippen LogP contribution in [0.2, 0.25) is 5.02 Å². The number of aromatic hydroxyl groups is 1. The lowest BCUT2D eigenvalue weighted by Crippen LogP contribution is -2.49. The molecule has 3 aromatic heterocycles. The molecule has 0 spiro atoms. The van der Waals surface area contributed by atoms with E-state index in [9.17, 15) is 32.7 Å². The first-order chi connectivity index (χ1) is 23.7. The van der Waals surface area contributed by atoms with Crippen LogP contribution in [0.25, 0.3) is 11.4 Å². The van der Waals surface area contributed by atoms with Gasteiger partial charge in [0, 0.05) is 31.0 Å². The predicted molar refractivity (Wildman–Crippen MR) is 182 cm³/mol. The van der Waals surface area contributed by atoms with Crippen molar-refractivity contribution in [1.29, 1.82) is 0 Å². The van der Waals surface area contributed by atoms with Crippen LogP contribution in [0.4, 0.5) is 18.9 Å². The minimum Gasteiger partial charge on any atom is -0.505 e. The third-order valence-corrected chi connectivity index (χ3v) is 10.6. The van der Waals surface area contributed by atoms with Gasteiger partial charge in [-0.1, -0.05) is 24.6 Å². The number of ether oxygens (including phenoxy) is 1. The average molecular weight is 732 g/mol. The number of benzene rings is 1. The van der Waals surface area contributed by atoms with Crippen LogP contribution in [-0.4, -0.2) is 77.9 Å². The Morgan fingerprint density at radius 3 is 2.72 bits per heavy atom. The van der Waals surface area contributed by atoms with E-state index >= 15 is 0 Å². The number of nitrogens with one attached hydrogen (secondary N) is 1. The lowest BCUT2D eigenvalue weighted by atomic mass is 9.75. The van der Waals surface area contributed by atoms with Gasteiger partial charge in [-0.05, 0) is 72.7 Å². The second-order valence-corrected chi connectivity index (χ2v) is 13.8. The number of anilines is 1. The fourth-order valence-corrected chi connectivity index (χ4v) is 6.97. The van der Waals surface area contributed by atoms with Crippen molar-refractivity contribution in [3.63, 3.8) is 0 Å². The molecule has 1 unspecified atom stereocenters. The molecule has 0 saturated carbocycles. The number of likely N-dealkylation sites (tertiary alicyclic amines) is 1. The maximum atomic E-state index is 13.4. The Balaban J connectivity index is 1.26. The van der Waals surface area contributed by atoms with Crippen molar-refractivity contribution < 1.29 is 32.6 Å². The Kier molecular flexibility index (Phi) is 10.0. The maximum absolute atomic E-state index is 13.4. The van der Waals surface area contributed by atoms with Gasteiger partial charge in [0.1, 0.15) is 12.3 Å². The zero-order valence-electron chi connectivity index (χ0n) is 26.9. The number of pyridine rings is 1. The number of fused-ring (bicyclic) bond motifs is 1. The van der Waals surface area contributed by atoms with Gasteiger partial charge in [0.05, 0.1) is 29.5 Å². The molecule has 3 atom stereocenters. The molecule has 5 heterocycles. The Morgan fingerprint density at radius 1 is 1.24 bits per heavy atom. The Hall–Kier alpha value is -4.33. The SMILES string of the molecule is C[C@]1(CCc2cc(=O)n3nc(C4=CCOCC4)nc3n2CC(=O)Nc2ccc(C(F)(F)F)cc2Cl)CCN(C(=O)c2ncccc2O)C[C@@H]1P. The van der Waals surface area contributed by atoms with E-state index in [2.05, 4.69) is 36.5 Å². The number of amides is 2. The second-order valence-electron chi connectivity index (χ2n) is 12.6. The number of rotatable bonds is 8.